The predicted octanol–water partition coefficient (Wildman–Crippen LogP) is 4.73. The standard InChI is InChI=1S/C35H32ClF3N6O5/c1-35(34(41)47)15-50-32-22(35)11-26(44-31(32)20-10-23(36)25(38)12-24(20)37)21(16-8-28(39)45-29(9-16)49-3)14-43-33(46)17-6-18(13-42-19-4-5-19)30(40)27(7-17)48-2/h6-13,19,21,40,42H,4-5,14-15H2,1-3H3,(H2,41,47)(H,43,46)/b18-13-,40-30?/t21-,35-/m0/s1. The number of hydrogen-bond donors (Lipinski definition) is 4. The lowest BCUT2D eigenvalue weighted by Gasteiger charge is -2.23. The van der Waals surface area contributed by atoms with Crippen molar-refractivity contribution in [2.24, 2.45) is 5.73 Å². The quantitative estimate of drug-likeness (QED) is 0.164. The zero-order valence-electron chi connectivity index (χ0n) is 27.1. The monoisotopic (exact) mass is 708 g/mol. The molecule has 5 N–H and O–H groups in total. The Morgan fingerprint density at radius 3 is 2.56 bits per heavy atom. The molecule has 0 spiro atoms. The van der Waals surface area contributed by atoms with Crippen LogP contribution in [0.1, 0.15) is 42.5 Å². The molecule has 1 aromatic carbocycles. The van der Waals surface area contributed by atoms with E-state index in [0.717, 1.165) is 25.0 Å². The molecule has 0 saturated heterocycles. The Morgan fingerprint density at radius 2 is 1.88 bits per heavy atom. The van der Waals surface area contributed by atoms with E-state index in [1.54, 1.807) is 19.2 Å². The number of aromatic nitrogens is 2. The number of allylic oxidation sites excluding steroid dienone is 2. The Morgan fingerprint density at radius 1 is 1.12 bits per heavy atom. The molecule has 0 bridgehead atoms. The normalized spacial score (nSPS) is 19.6. The number of benzene rings is 1. The highest BCUT2D eigenvalue weighted by Gasteiger charge is 2.44. The van der Waals surface area contributed by atoms with Crippen molar-refractivity contribution < 1.29 is 37.0 Å². The number of rotatable bonds is 11. The number of pyridine rings is 2. The van der Waals surface area contributed by atoms with E-state index in [4.69, 9.17) is 41.9 Å². The lowest BCUT2D eigenvalue weighted by atomic mass is 9.81. The van der Waals surface area contributed by atoms with Gasteiger partial charge < -0.3 is 30.6 Å². The maximum absolute atomic E-state index is 15.4. The topological polar surface area (TPSA) is 162 Å². The highest BCUT2D eigenvalue weighted by Crippen LogP contribution is 2.46. The molecule has 3 heterocycles. The van der Waals surface area contributed by atoms with Gasteiger partial charge >= 0.3 is 0 Å². The molecule has 2 atom stereocenters. The van der Waals surface area contributed by atoms with Crippen molar-refractivity contribution in [3.05, 3.63) is 105 Å². The number of primary amides is 1. The zero-order valence-corrected chi connectivity index (χ0v) is 27.9. The number of nitrogens with zero attached hydrogens (tertiary/aromatic N) is 2. The predicted molar refractivity (Wildman–Crippen MR) is 177 cm³/mol. The third kappa shape index (κ3) is 6.62. The maximum atomic E-state index is 15.4. The van der Waals surface area contributed by atoms with Crippen LogP contribution in [0.5, 0.6) is 11.6 Å². The Hall–Kier alpha value is -5.37. The van der Waals surface area contributed by atoms with Crippen LogP contribution in [0.25, 0.3) is 11.3 Å². The van der Waals surface area contributed by atoms with Crippen LogP contribution in [0.4, 0.5) is 13.2 Å². The van der Waals surface area contributed by atoms with Crippen LogP contribution < -0.4 is 25.8 Å². The molecule has 1 fully saturated rings. The third-order valence-electron chi connectivity index (χ3n) is 8.80. The van der Waals surface area contributed by atoms with Crippen LogP contribution in [0.15, 0.2) is 65.6 Å². The lowest BCUT2D eigenvalue weighted by molar-refractivity contribution is -0.123. The van der Waals surface area contributed by atoms with Gasteiger partial charge in [-0.2, -0.15) is 9.37 Å². The van der Waals surface area contributed by atoms with Crippen molar-refractivity contribution in [3.8, 4) is 22.9 Å². The van der Waals surface area contributed by atoms with Crippen LogP contribution in [0.3, 0.4) is 0 Å². The summed E-state index contributed by atoms with van der Waals surface area (Å²) in [5.74, 6) is -5.02. The van der Waals surface area contributed by atoms with Gasteiger partial charge in [0.15, 0.2) is 0 Å². The average Bonchev–Trinajstić information content (AvgIpc) is 3.86. The summed E-state index contributed by atoms with van der Waals surface area (Å²) in [6.45, 7) is 1.14. The van der Waals surface area contributed by atoms with Crippen molar-refractivity contribution in [2.45, 2.75) is 37.1 Å². The first-order valence-electron chi connectivity index (χ1n) is 15.5. The summed E-state index contributed by atoms with van der Waals surface area (Å²) < 4.78 is 60.9. The fourth-order valence-electron chi connectivity index (χ4n) is 5.66. The summed E-state index contributed by atoms with van der Waals surface area (Å²) in [5.41, 5.74) is 5.44. The molecule has 0 unspecified atom stereocenters. The van der Waals surface area contributed by atoms with E-state index in [1.165, 1.54) is 32.4 Å². The van der Waals surface area contributed by atoms with E-state index >= 15 is 4.39 Å². The molecule has 3 aliphatic rings. The van der Waals surface area contributed by atoms with E-state index in [2.05, 4.69) is 15.6 Å². The van der Waals surface area contributed by atoms with E-state index in [-0.39, 0.29) is 74.9 Å². The van der Waals surface area contributed by atoms with E-state index < -0.39 is 40.7 Å². The number of amides is 2. The van der Waals surface area contributed by atoms with Crippen LogP contribution in [-0.4, -0.2) is 60.9 Å². The van der Waals surface area contributed by atoms with Gasteiger partial charge in [0.25, 0.3) is 5.91 Å². The molecule has 15 heteroatoms. The molecule has 11 nitrogen and oxygen atoms in total. The van der Waals surface area contributed by atoms with Crippen molar-refractivity contribution in [3.63, 3.8) is 0 Å². The van der Waals surface area contributed by atoms with Crippen molar-refractivity contribution >= 4 is 29.1 Å². The minimum Gasteiger partial charge on any atom is -0.494 e. The van der Waals surface area contributed by atoms with Gasteiger partial charge in [-0.25, -0.2) is 13.8 Å². The molecule has 1 aliphatic heterocycles. The Bertz CT molecular complexity index is 2030. The molecule has 2 aromatic heterocycles. The fraction of sp³-hybridized carbons (Fsp3) is 0.286. The van der Waals surface area contributed by atoms with Gasteiger partial charge in [-0.1, -0.05) is 11.6 Å². The highest BCUT2D eigenvalue weighted by molar-refractivity contribution is 6.31. The molecular weight excluding hydrogens is 677 g/mol. The largest absolute Gasteiger partial charge is 0.494 e. The number of nitrogens with one attached hydrogen (secondary N) is 3. The minimum absolute atomic E-state index is 0.0315. The summed E-state index contributed by atoms with van der Waals surface area (Å²) in [5, 5.41) is 14.1. The summed E-state index contributed by atoms with van der Waals surface area (Å²) in [6, 6.07) is 6.05. The van der Waals surface area contributed by atoms with Crippen molar-refractivity contribution in [2.75, 3.05) is 27.4 Å². The number of halogens is 4. The second-order valence-electron chi connectivity index (χ2n) is 12.3. The first-order valence-corrected chi connectivity index (χ1v) is 15.9. The van der Waals surface area contributed by atoms with Gasteiger partial charge in [-0.05, 0) is 55.7 Å². The van der Waals surface area contributed by atoms with Gasteiger partial charge in [-0.15, -0.1) is 0 Å². The Balaban J connectivity index is 1.46. The van der Waals surface area contributed by atoms with Crippen LogP contribution in [-0.2, 0) is 19.7 Å². The first kappa shape index (κ1) is 34.5. The Kier molecular flexibility index (Phi) is 9.31. The second-order valence-corrected chi connectivity index (χ2v) is 12.7. The zero-order chi connectivity index (χ0) is 35.9. The van der Waals surface area contributed by atoms with Crippen molar-refractivity contribution in [1.82, 2.24) is 20.6 Å². The maximum Gasteiger partial charge on any atom is 0.251 e. The van der Waals surface area contributed by atoms with Crippen LogP contribution in [0.2, 0.25) is 5.02 Å². The highest BCUT2D eigenvalue weighted by atomic mass is 35.5. The molecule has 50 heavy (non-hydrogen) atoms. The Labute approximate surface area is 289 Å². The first-order chi connectivity index (χ1) is 23.8. The average molecular weight is 709 g/mol. The summed E-state index contributed by atoms with van der Waals surface area (Å²) >= 11 is 6.04. The van der Waals surface area contributed by atoms with Gasteiger partial charge in [0.05, 0.1) is 24.9 Å². The number of carbonyl (C=O) groups is 2. The summed E-state index contributed by atoms with van der Waals surface area (Å²) in [6.07, 6.45) is 6.66. The van der Waals surface area contributed by atoms with Gasteiger partial charge in [0, 0.05) is 59.1 Å². The third-order valence-corrected chi connectivity index (χ3v) is 9.09. The van der Waals surface area contributed by atoms with E-state index in [1.807, 2.05) is 0 Å². The SMILES string of the molecule is COC1=CC(C(=O)NC[C@@H](c2cc(F)nc(OC)c2)c2cc3c(c(-c4cc(Cl)c(F)cc4F)n2)OC[C@]3(C)C(N)=O)=C/C(=C/NC2CC2)C1=N. The fourth-order valence-corrected chi connectivity index (χ4v) is 5.82. The molecule has 1 saturated carbocycles. The molecule has 260 valence electrons. The van der Waals surface area contributed by atoms with Gasteiger partial charge in [-0.3, -0.25) is 15.0 Å². The molecule has 3 aromatic rings. The van der Waals surface area contributed by atoms with Gasteiger partial charge in [0.1, 0.15) is 46.6 Å². The summed E-state index contributed by atoms with van der Waals surface area (Å²) in [4.78, 5) is 34.9. The molecule has 6 rings (SSSR count). The van der Waals surface area contributed by atoms with Crippen LogP contribution in [0, 0.1) is 23.0 Å². The van der Waals surface area contributed by atoms with Crippen molar-refractivity contribution in [1.29, 1.82) is 5.41 Å². The second kappa shape index (κ2) is 13.5. The van der Waals surface area contributed by atoms with Crippen LogP contribution >= 0.6 is 11.6 Å². The molecular formula is C35H32ClF3N6O5. The summed E-state index contributed by atoms with van der Waals surface area (Å²) in [7, 11) is 2.70. The number of hydrogen-bond acceptors (Lipinski definition) is 9. The number of nitrogens with two attached hydrogens (primary N) is 1. The lowest BCUT2D eigenvalue weighted by Crippen LogP contribution is -2.40. The number of methoxy groups -OCH3 is 2. The number of carbonyl (C=O) groups excluding carboxylic acids is 2. The minimum atomic E-state index is -1.40. The number of fused-ring (bicyclic) bond motifs is 1. The van der Waals surface area contributed by atoms with E-state index in [0.29, 0.717) is 17.7 Å². The molecule has 2 amide bonds. The van der Waals surface area contributed by atoms with E-state index in [9.17, 15) is 18.4 Å². The smallest absolute Gasteiger partial charge is 0.251 e. The number of ether oxygens (including phenoxy) is 3. The van der Waals surface area contributed by atoms with Gasteiger partial charge in [0.2, 0.25) is 17.7 Å². The molecule has 2 aliphatic carbocycles. The molecule has 0 radical (unpaired) electrons.